The molecule has 0 aliphatic rings. The van der Waals surface area contributed by atoms with Gasteiger partial charge in [-0.05, 0) is 24.6 Å². The Labute approximate surface area is 99.5 Å². The van der Waals surface area contributed by atoms with Gasteiger partial charge in [-0.15, -0.1) is 0 Å². The van der Waals surface area contributed by atoms with Gasteiger partial charge in [-0.2, -0.15) is 5.10 Å². The lowest BCUT2D eigenvalue weighted by Gasteiger charge is -2.10. The first-order chi connectivity index (χ1) is 8.33. The SMILES string of the molecule is CCCNCc1cccc(F)c1-n1cncn1. The molecule has 4 nitrogen and oxygen atoms in total. The molecule has 0 aliphatic carbocycles. The maximum atomic E-state index is 13.8. The van der Waals surface area contributed by atoms with E-state index in [1.54, 1.807) is 6.07 Å². The predicted octanol–water partition coefficient (Wildman–Crippen LogP) is 1.91. The molecular formula is C12H15FN4. The van der Waals surface area contributed by atoms with Crippen molar-refractivity contribution in [2.24, 2.45) is 0 Å². The molecule has 1 aromatic carbocycles. The van der Waals surface area contributed by atoms with E-state index < -0.39 is 0 Å². The Morgan fingerprint density at radius 2 is 2.29 bits per heavy atom. The lowest BCUT2D eigenvalue weighted by molar-refractivity contribution is 0.600. The molecule has 0 spiro atoms. The molecule has 0 amide bonds. The van der Waals surface area contributed by atoms with Crippen molar-refractivity contribution in [1.82, 2.24) is 20.1 Å². The van der Waals surface area contributed by atoms with E-state index in [1.807, 2.05) is 6.07 Å². The number of hydrogen-bond acceptors (Lipinski definition) is 3. The average molecular weight is 234 g/mol. The van der Waals surface area contributed by atoms with Crippen LogP contribution in [0.15, 0.2) is 30.9 Å². The minimum absolute atomic E-state index is 0.286. The molecule has 5 heteroatoms. The lowest BCUT2D eigenvalue weighted by Crippen LogP contribution is -2.16. The number of hydrogen-bond donors (Lipinski definition) is 1. The van der Waals surface area contributed by atoms with Crippen LogP contribution in [0.1, 0.15) is 18.9 Å². The van der Waals surface area contributed by atoms with Crippen molar-refractivity contribution in [3.05, 3.63) is 42.2 Å². The fourth-order valence-corrected chi connectivity index (χ4v) is 1.68. The van der Waals surface area contributed by atoms with Crippen LogP contribution in [-0.2, 0) is 6.54 Å². The standard InChI is InChI=1S/C12H15FN4/c1-2-6-14-7-10-4-3-5-11(13)12(10)17-9-15-8-16-17/h3-5,8-9,14H,2,6-7H2,1H3. The van der Waals surface area contributed by atoms with Gasteiger partial charge in [0.1, 0.15) is 24.2 Å². The van der Waals surface area contributed by atoms with E-state index in [0.717, 1.165) is 18.5 Å². The summed E-state index contributed by atoms with van der Waals surface area (Å²) in [5.41, 5.74) is 1.34. The highest BCUT2D eigenvalue weighted by atomic mass is 19.1. The second-order valence-corrected chi connectivity index (χ2v) is 3.76. The summed E-state index contributed by atoms with van der Waals surface area (Å²) in [5, 5.41) is 7.23. The smallest absolute Gasteiger partial charge is 0.149 e. The van der Waals surface area contributed by atoms with Gasteiger partial charge in [-0.1, -0.05) is 19.1 Å². The van der Waals surface area contributed by atoms with Crippen LogP contribution in [0.5, 0.6) is 0 Å². The third-order valence-electron chi connectivity index (χ3n) is 2.46. The quantitative estimate of drug-likeness (QED) is 0.803. The first kappa shape index (κ1) is 11.7. The summed E-state index contributed by atoms with van der Waals surface area (Å²) in [6.45, 7) is 3.63. The van der Waals surface area contributed by atoms with E-state index in [9.17, 15) is 4.39 Å². The van der Waals surface area contributed by atoms with Crippen molar-refractivity contribution in [1.29, 1.82) is 0 Å². The third kappa shape index (κ3) is 2.68. The van der Waals surface area contributed by atoms with Crippen LogP contribution in [0, 0.1) is 5.82 Å². The molecule has 0 saturated heterocycles. The van der Waals surface area contributed by atoms with Crippen molar-refractivity contribution in [3.63, 3.8) is 0 Å². The fraction of sp³-hybridized carbons (Fsp3) is 0.333. The Kier molecular flexibility index (Phi) is 3.82. The molecule has 17 heavy (non-hydrogen) atoms. The maximum Gasteiger partial charge on any atom is 0.149 e. The molecule has 0 aliphatic heterocycles. The van der Waals surface area contributed by atoms with Crippen molar-refractivity contribution in [2.45, 2.75) is 19.9 Å². The second kappa shape index (κ2) is 5.54. The number of benzene rings is 1. The second-order valence-electron chi connectivity index (χ2n) is 3.76. The molecule has 1 aromatic heterocycles. The van der Waals surface area contributed by atoms with Gasteiger partial charge in [0.05, 0.1) is 0 Å². The summed E-state index contributed by atoms with van der Waals surface area (Å²) in [4.78, 5) is 3.84. The first-order valence-electron chi connectivity index (χ1n) is 5.66. The fourth-order valence-electron chi connectivity index (χ4n) is 1.68. The highest BCUT2D eigenvalue weighted by Gasteiger charge is 2.10. The highest BCUT2D eigenvalue weighted by molar-refractivity contribution is 5.41. The number of halogens is 1. The zero-order valence-electron chi connectivity index (χ0n) is 9.73. The van der Waals surface area contributed by atoms with Crippen LogP contribution in [0.2, 0.25) is 0 Å². The minimum atomic E-state index is -0.286. The summed E-state index contributed by atoms with van der Waals surface area (Å²) in [7, 11) is 0. The van der Waals surface area contributed by atoms with E-state index >= 15 is 0 Å². The van der Waals surface area contributed by atoms with Crippen molar-refractivity contribution >= 4 is 0 Å². The predicted molar refractivity (Wildman–Crippen MR) is 63.3 cm³/mol. The van der Waals surface area contributed by atoms with Crippen LogP contribution in [0.4, 0.5) is 4.39 Å². The molecule has 0 unspecified atom stereocenters. The molecule has 2 rings (SSSR count). The van der Waals surface area contributed by atoms with Gasteiger partial charge < -0.3 is 5.32 Å². The Morgan fingerprint density at radius 3 is 3.00 bits per heavy atom. The van der Waals surface area contributed by atoms with E-state index in [1.165, 1.54) is 23.4 Å². The van der Waals surface area contributed by atoms with Gasteiger partial charge in [0.15, 0.2) is 0 Å². The molecule has 90 valence electrons. The van der Waals surface area contributed by atoms with Crippen molar-refractivity contribution in [2.75, 3.05) is 6.54 Å². The van der Waals surface area contributed by atoms with Crippen LogP contribution in [0.3, 0.4) is 0 Å². The Morgan fingerprint density at radius 1 is 1.41 bits per heavy atom. The van der Waals surface area contributed by atoms with E-state index in [0.29, 0.717) is 12.2 Å². The number of nitrogens with one attached hydrogen (secondary N) is 1. The topological polar surface area (TPSA) is 42.7 Å². The molecule has 0 saturated carbocycles. The normalized spacial score (nSPS) is 10.7. The Bertz CT molecular complexity index is 467. The Hall–Kier alpha value is -1.75. The van der Waals surface area contributed by atoms with Crippen molar-refractivity contribution < 1.29 is 4.39 Å². The average Bonchev–Trinajstić information content (AvgIpc) is 2.83. The van der Waals surface area contributed by atoms with E-state index in [-0.39, 0.29) is 5.82 Å². The van der Waals surface area contributed by atoms with Gasteiger partial charge >= 0.3 is 0 Å². The third-order valence-corrected chi connectivity index (χ3v) is 2.46. The zero-order chi connectivity index (χ0) is 12.1. The monoisotopic (exact) mass is 234 g/mol. The lowest BCUT2D eigenvalue weighted by atomic mass is 10.1. The summed E-state index contributed by atoms with van der Waals surface area (Å²) >= 11 is 0. The van der Waals surface area contributed by atoms with E-state index in [2.05, 4.69) is 22.3 Å². The molecule has 2 aromatic rings. The van der Waals surface area contributed by atoms with Gasteiger partial charge in [0.2, 0.25) is 0 Å². The van der Waals surface area contributed by atoms with Crippen LogP contribution in [-0.4, -0.2) is 21.3 Å². The van der Waals surface area contributed by atoms with Gasteiger partial charge in [-0.3, -0.25) is 0 Å². The summed E-state index contributed by atoms with van der Waals surface area (Å²) in [5.74, 6) is -0.286. The molecule has 0 fully saturated rings. The summed E-state index contributed by atoms with van der Waals surface area (Å²) in [6.07, 6.45) is 3.95. The van der Waals surface area contributed by atoms with Gasteiger partial charge in [0.25, 0.3) is 0 Å². The van der Waals surface area contributed by atoms with Crippen molar-refractivity contribution in [3.8, 4) is 5.69 Å². The molecule has 1 heterocycles. The largest absolute Gasteiger partial charge is 0.313 e. The summed E-state index contributed by atoms with van der Waals surface area (Å²) in [6, 6.07) is 5.03. The molecule has 0 atom stereocenters. The number of para-hydroxylation sites is 1. The Balaban J connectivity index is 2.29. The van der Waals surface area contributed by atoms with Crippen LogP contribution < -0.4 is 5.32 Å². The first-order valence-corrected chi connectivity index (χ1v) is 5.66. The number of rotatable bonds is 5. The number of nitrogens with zero attached hydrogens (tertiary/aromatic N) is 3. The summed E-state index contributed by atoms with van der Waals surface area (Å²) < 4.78 is 15.3. The van der Waals surface area contributed by atoms with Crippen LogP contribution in [0.25, 0.3) is 5.69 Å². The van der Waals surface area contributed by atoms with Gasteiger partial charge in [-0.25, -0.2) is 14.1 Å². The van der Waals surface area contributed by atoms with Crippen LogP contribution >= 0.6 is 0 Å². The molecule has 0 bridgehead atoms. The minimum Gasteiger partial charge on any atom is -0.313 e. The number of aromatic nitrogens is 3. The maximum absolute atomic E-state index is 13.8. The molecular weight excluding hydrogens is 219 g/mol. The zero-order valence-corrected chi connectivity index (χ0v) is 9.73. The van der Waals surface area contributed by atoms with Gasteiger partial charge in [0, 0.05) is 6.54 Å². The molecule has 0 radical (unpaired) electrons. The highest BCUT2D eigenvalue weighted by Crippen LogP contribution is 2.17. The molecule has 1 N–H and O–H groups in total. The van der Waals surface area contributed by atoms with E-state index in [4.69, 9.17) is 0 Å².